The summed E-state index contributed by atoms with van der Waals surface area (Å²) in [6.07, 6.45) is 5.51. The second-order valence-electron chi connectivity index (χ2n) is 2.46. The summed E-state index contributed by atoms with van der Waals surface area (Å²) in [4.78, 5) is 4.32. The molecule has 56 valence electrons. The highest BCUT2D eigenvalue weighted by Crippen LogP contribution is 2.03. The lowest BCUT2D eigenvalue weighted by atomic mass is 10.2. The fourth-order valence-corrected chi connectivity index (χ4v) is 1.03. The van der Waals surface area contributed by atoms with E-state index in [0.29, 0.717) is 0 Å². The van der Waals surface area contributed by atoms with E-state index in [9.17, 15) is 0 Å². The SMILES string of the molecule is C=CCNC1=NCCCC1. The average Bonchev–Trinajstić information content (AvgIpc) is 2.03. The van der Waals surface area contributed by atoms with Crippen LogP contribution in [-0.2, 0) is 0 Å². The van der Waals surface area contributed by atoms with Crippen LogP contribution < -0.4 is 5.32 Å². The fourth-order valence-electron chi connectivity index (χ4n) is 1.03. The molecule has 2 nitrogen and oxygen atoms in total. The number of rotatable bonds is 2. The van der Waals surface area contributed by atoms with Crippen LogP contribution in [-0.4, -0.2) is 18.9 Å². The molecule has 0 aromatic rings. The van der Waals surface area contributed by atoms with Crippen LogP contribution in [0.2, 0.25) is 0 Å². The molecule has 1 rings (SSSR count). The minimum Gasteiger partial charge on any atom is -0.370 e. The highest BCUT2D eigenvalue weighted by molar-refractivity contribution is 5.82. The van der Waals surface area contributed by atoms with Crippen molar-refractivity contribution in [1.82, 2.24) is 5.32 Å². The minimum absolute atomic E-state index is 0.846. The minimum atomic E-state index is 0.846. The van der Waals surface area contributed by atoms with Crippen molar-refractivity contribution in [2.75, 3.05) is 13.1 Å². The van der Waals surface area contributed by atoms with Crippen LogP contribution in [0.5, 0.6) is 0 Å². The first-order valence-electron chi connectivity index (χ1n) is 3.81. The Morgan fingerprint density at radius 1 is 1.60 bits per heavy atom. The van der Waals surface area contributed by atoms with Gasteiger partial charge in [0.15, 0.2) is 0 Å². The second kappa shape index (κ2) is 4.09. The van der Waals surface area contributed by atoms with Gasteiger partial charge in [0, 0.05) is 19.5 Å². The Morgan fingerprint density at radius 2 is 2.50 bits per heavy atom. The zero-order valence-corrected chi connectivity index (χ0v) is 6.27. The van der Waals surface area contributed by atoms with Crippen molar-refractivity contribution in [3.05, 3.63) is 12.7 Å². The van der Waals surface area contributed by atoms with Crippen molar-refractivity contribution in [3.8, 4) is 0 Å². The molecular weight excluding hydrogens is 124 g/mol. The summed E-state index contributed by atoms with van der Waals surface area (Å²) in [5.74, 6) is 1.16. The molecular formula is C8H14N2. The van der Waals surface area contributed by atoms with Crippen LogP contribution in [0.1, 0.15) is 19.3 Å². The van der Waals surface area contributed by atoms with Gasteiger partial charge in [0.2, 0.25) is 0 Å². The monoisotopic (exact) mass is 138 g/mol. The van der Waals surface area contributed by atoms with Gasteiger partial charge in [0.1, 0.15) is 0 Å². The number of nitrogens with one attached hydrogen (secondary N) is 1. The quantitative estimate of drug-likeness (QED) is 0.572. The van der Waals surface area contributed by atoms with Crippen LogP contribution in [0.25, 0.3) is 0 Å². The maximum atomic E-state index is 4.32. The molecule has 1 N–H and O–H groups in total. The highest BCUT2D eigenvalue weighted by Gasteiger charge is 2.01. The van der Waals surface area contributed by atoms with Gasteiger partial charge < -0.3 is 5.32 Å². The Labute approximate surface area is 62.0 Å². The van der Waals surface area contributed by atoms with Gasteiger partial charge in [-0.15, -0.1) is 6.58 Å². The van der Waals surface area contributed by atoms with Gasteiger partial charge in [-0.2, -0.15) is 0 Å². The summed E-state index contributed by atoms with van der Waals surface area (Å²) in [5.41, 5.74) is 0. The Morgan fingerprint density at radius 3 is 3.10 bits per heavy atom. The molecule has 2 heteroatoms. The van der Waals surface area contributed by atoms with Gasteiger partial charge >= 0.3 is 0 Å². The Kier molecular flexibility index (Phi) is 3.00. The van der Waals surface area contributed by atoms with Crippen molar-refractivity contribution >= 4 is 5.84 Å². The van der Waals surface area contributed by atoms with Crippen molar-refractivity contribution in [2.45, 2.75) is 19.3 Å². The maximum absolute atomic E-state index is 4.32. The summed E-state index contributed by atoms with van der Waals surface area (Å²) in [5, 5.41) is 3.20. The smallest absolute Gasteiger partial charge is 0.0965 e. The van der Waals surface area contributed by atoms with E-state index in [0.717, 1.165) is 25.3 Å². The largest absolute Gasteiger partial charge is 0.370 e. The van der Waals surface area contributed by atoms with Gasteiger partial charge in [0.25, 0.3) is 0 Å². The van der Waals surface area contributed by atoms with Crippen molar-refractivity contribution < 1.29 is 0 Å². The molecule has 1 aliphatic rings. The molecule has 0 atom stereocenters. The summed E-state index contributed by atoms with van der Waals surface area (Å²) in [7, 11) is 0. The van der Waals surface area contributed by atoms with E-state index >= 15 is 0 Å². The van der Waals surface area contributed by atoms with Crippen molar-refractivity contribution in [1.29, 1.82) is 0 Å². The molecule has 0 aromatic heterocycles. The molecule has 0 amide bonds. The van der Waals surface area contributed by atoms with E-state index < -0.39 is 0 Å². The molecule has 0 radical (unpaired) electrons. The molecule has 0 bridgehead atoms. The molecule has 0 saturated heterocycles. The molecule has 0 spiro atoms. The first-order valence-corrected chi connectivity index (χ1v) is 3.81. The van der Waals surface area contributed by atoms with E-state index in [1.807, 2.05) is 6.08 Å². The van der Waals surface area contributed by atoms with Crippen LogP contribution in [0, 0.1) is 0 Å². The number of hydrogen-bond acceptors (Lipinski definition) is 2. The first kappa shape index (κ1) is 7.32. The Balaban J connectivity index is 2.24. The fraction of sp³-hybridized carbons (Fsp3) is 0.625. The predicted octanol–water partition coefficient (Wildman–Crippen LogP) is 1.34. The lowest BCUT2D eigenvalue weighted by Gasteiger charge is -2.11. The summed E-state index contributed by atoms with van der Waals surface area (Å²) >= 11 is 0. The summed E-state index contributed by atoms with van der Waals surface area (Å²) in [6, 6.07) is 0. The zero-order chi connectivity index (χ0) is 7.23. The van der Waals surface area contributed by atoms with Crippen LogP contribution >= 0.6 is 0 Å². The summed E-state index contributed by atoms with van der Waals surface area (Å²) in [6.45, 7) is 5.47. The van der Waals surface area contributed by atoms with Crippen LogP contribution in [0.3, 0.4) is 0 Å². The van der Waals surface area contributed by atoms with Gasteiger partial charge in [-0.25, -0.2) is 0 Å². The average molecular weight is 138 g/mol. The van der Waals surface area contributed by atoms with Gasteiger partial charge in [-0.3, -0.25) is 4.99 Å². The van der Waals surface area contributed by atoms with Gasteiger partial charge in [-0.1, -0.05) is 6.08 Å². The third kappa shape index (κ3) is 2.21. The Bertz CT molecular complexity index is 138. The molecule has 0 unspecified atom stereocenters. The molecule has 0 saturated carbocycles. The van der Waals surface area contributed by atoms with Crippen LogP contribution in [0.4, 0.5) is 0 Å². The molecule has 0 aliphatic carbocycles. The van der Waals surface area contributed by atoms with Crippen molar-refractivity contribution in [2.24, 2.45) is 4.99 Å². The maximum Gasteiger partial charge on any atom is 0.0965 e. The molecule has 0 fully saturated rings. The van der Waals surface area contributed by atoms with Crippen molar-refractivity contribution in [3.63, 3.8) is 0 Å². The van der Waals surface area contributed by atoms with E-state index in [-0.39, 0.29) is 0 Å². The van der Waals surface area contributed by atoms with Gasteiger partial charge in [0.05, 0.1) is 5.84 Å². The molecule has 0 aromatic carbocycles. The van der Waals surface area contributed by atoms with E-state index in [4.69, 9.17) is 0 Å². The predicted molar refractivity (Wildman–Crippen MR) is 44.4 cm³/mol. The zero-order valence-electron chi connectivity index (χ0n) is 6.27. The van der Waals surface area contributed by atoms with E-state index in [1.54, 1.807) is 0 Å². The number of amidine groups is 1. The molecule has 1 aliphatic heterocycles. The number of aliphatic imine (C=N–C) groups is 1. The highest BCUT2D eigenvalue weighted by atomic mass is 15.0. The molecule has 10 heavy (non-hydrogen) atoms. The summed E-state index contributed by atoms with van der Waals surface area (Å²) < 4.78 is 0. The second-order valence-corrected chi connectivity index (χ2v) is 2.46. The Hall–Kier alpha value is -0.790. The molecule has 1 heterocycles. The first-order chi connectivity index (χ1) is 4.93. The lowest BCUT2D eigenvalue weighted by Crippen LogP contribution is -2.25. The third-order valence-corrected chi connectivity index (χ3v) is 1.57. The van der Waals surface area contributed by atoms with E-state index in [1.165, 1.54) is 12.8 Å². The lowest BCUT2D eigenvalue weighted by molar-refractivity contribution is 0.716. The standard InChI is InChI=1S/C8H14N2/c1-2-6-9-8-5-3-4-7-10-8/h2H,1,3-7H2,(H,9,10). The number of nitrogens with zero attached hydrogens (tertiary/aromatic N) is 1. The van der Waals surface area contributed by atoms with Crippen LogP contribution in [0.15, 0.2) is 17.6 Å². The topological polar surface area (TPSA) is 24.4 Å². The van der Waals surface area contributed by atoms with E-state index in [2.05, 4.69) is 16.9 Å². The normalized spacial score (nSPS) is 17.8. The number of hydrogen-bond donors (Lipinski definition) is 1. The third-order valence-electron chi connectivity index (χ3n) is 1.57. The van der Waals surface area contributed by atoms with Gasteiger partial charge in [-0.05, 0) is 12.8 Å².